The van der Waals surface area contributed by atoms with Gasteiger partial charge in [-0.1, -0.05) is 12.1 Å². The fourth-order valence-corrected chi connectivity index (χ4v) is 2.58. The summed E-state index contributed by atoms with van der Waals surface area (Å²) in [5.74, 6) is -0.515. The Morgan fingerprint density at radius 3 is 2.67 bits per heavy atom. The van der Waals surface area contributed by atoms with Crippen molar-refractivity contribution in [1.82, 2.24) is 5.32 Å². The van der Waals surface area contributed by atoms with Crippen molar-refractivity contribution in [2.75, 3.05) is 13.7 Å². The first-order valence-corrected chi connectivity index (χ1v) is 7.41. The highest BCUT2D eigenvalue weighted by atomic mass is 79.9. The first kappa shape index (κ1) is 15.9. The number of nitrogens with one attached hydrogen (secondary N) is 1. The van der Waals surface area contributed by atoms with Gasteiger partial charge in [0.15, 0.2) is 0 Å². The van der Waals surface area contributed by atoms with E-state index in [1.54, 1.807) is 19.2 Å². The van der Waals surface area contributed by atoms with Gasteiger partial charge in [-0.05, 0) is 59.7 Å². The molecule has 0 saturated heterocycles. The van der Waals surface area contributed by atoms with E-state index >= 15 is 0 Å². The predicted molar refractivity (Wildman–Crippen MR) is 82.6 cm³/mol. The van der Waals surface area contributed by atoms with Gasteiger partial charge in [0.1, 0.15) is 17.4 Å². The zero-order valence-electron chi connectivity index (χ0n) is 11.8. The second-order valence-corrected chi connectivity index (χ2v) is 5.34. The summed E-state index contributed by atoms with van der Waals surface area (Å²) in [4.78, 5) is 0. The van der Waals surface area contributed by atoms with Crippen LogP contribution in [0.25, 0.3) is 0 Å². The van der Waals surface area contributed by atoms with Gasteiger partial charge < -0.3 is 10.1 Å². The molecule has 0 heterocycles. The Bertz CT molecular complexity index is 634. The molecular weight excluding hydrogens is 340 g/mol. The van der Waals surface area contributed by atoms with Crippen molar-refractivity contribution >= 4 is 15.9 Å². The van der Waals surface area contributed by atoms with E-state index in [1.807, 2.05) is 19.1 Å². The first-order valence-electron chi connectivity index (χ1n) is 6.61. The molecule has 5 heteroatoms. The molecule has 0 aliphatic rings. The van der Waals surface area contributed by atoms with Crippen molar-refractivity contribution in [3.63, 3.8) is 0 Å². The van der Waals surface area contributed by atoms with Crippen molar-refractivity contribution in [2.24, 2.45) is 0 Å². The highest BCUT2D eigenvalue weighted by molar-refractivity contribution is 9.10. The van der Waals surface area contributed by atoms with Crippen LogP contribution in [0.5, 0.6) is 5.75 Å². The van der Waals surface area contributed by atoms with E-state index in [-0.39, 0.29) is 10.0 Å². The van der Waals surface area contributed by atoms with Crippen LogP contribution in [0.1, 0.15) is 24.1 Å². The van der Waals surface area contributed by atoms with E-state index in [0.717, 1.165) is 5.56 Å². The van der Waals surface area contributed by atoms with Gasteiger partial charge in [-0.2, -0.15) is 0 Å². The maximum absolute atomic E-state index is 14.3. The van der Waals surface area contributed by atoms with Gasteiger partial charge in [-0.15, -0.1) is 0 Å². The van der Waals surface area contributed by atoms with Gasteiger partial charge in [-0.25, -0.2) is 8.78 Å². The van der Waals surface area contributed by atoms with Crippen molar-refractivity contribution in [3.8, 4) is 5.75 Å². The van der Waals surface area contributed by atoms with Crippen LogP contribution in [-0.4, -0.2) is 13.7 Å². The van der Waals surface area contributed by atoms with Crippen LogP contribution in [0.15, 0.2) is 40.9 Å². The minimum Gasteiger partial charge on any atom is -0.494 e. The van der Waals surface area contributed by atoms with Crippen LogP contribution in [0.2, 0.25) is 0 Å². The molecule has 1 N–H and O–H groups in total. The Morgan fingerprint density at radius 1 is 1.24 bits per heavy atom. The third-order valence-electron chi connectivity index (χ3n) is 3.16. The number of rotatable bonds is 5. The monoisotopic (exact) mass is 355 g/mol. The Balaban J connectivity index is 2.50. The molecule has 0 radical (unpaired) electrons. The number of halogens is 3. The highest BCUT2D eigenvalue weighted by Crippen LogP contribution is 2.31. The van der Waals surface area contributed by atoms with Gasteiger partial charge in [-0.3, -0.25) is 0 Å². The van der Waals surface area contributed by atoms with Crippen molar-refractivity contribution in [3.05, 3.63) is 63.6 Å². The van der Waals surface area contributed by atoms with Gasteiger partial charge in [0.05, 0.1) is 17.1 Å². The molecule has 2 nitrogen and oxygen atoms in total. The second kappa shape index (κ2) is 7.00. The number of ether oxygens (including phenoxy) is 1. The third-order valence-corrected chi connectivity index (χ3v) is 3.77. The van der Waals surface area contributed by atoms with Gasteiger partial charge >= 0.3 is 0 Å². The van der Waals surface area contributed by atoms with E-state index in [9.17, 15) is 8.78 Å². The maximum Gasteiger partial charge on any atom is 0.145 e. The average molecular weight is 356 g/mol. The minimum atomic E-state index is -0.601. The average Bonchev–Trinajstić information content (AvgIpc) is 2.48. The molecule has 0 spiro atoms. The zero-order valence-corrected chi connectivity index (χ0v) is 13.4. The maximum atomic E-state index is 14.3. The number of benzene rings is 2. The molecule has 0 amide bonds. The summed E-state index contributed by atoms with van der Waals surface area (Å²) in [5, 5.41) is 2.96. The molecular formula is C16H16BrF2NO. The Hall–Kier alpha value is -1.46. The van der Waals surface area contributed by atoms with Crippen LogP contribution in [0.3, 0.4) is 0 Å². The molecule has 2 aromatic carbocycles. The summed E-state index contributed by atoms with van der Waals surface area (Å²) in [5.41, 5.74) is 0.722. The molecule has 0 fully saturated rings. The van der Waals surface area contributed by atoms with E-state index in [1.165, 1.54) is 12.1 Å². The molecule has 1 unspecified atom stereocenters. The van der Waals surface area contributed by atoms with Crippen LogP contribution in [0, 0.1) is 11.6 Å². The van der Waals surface area contributed by atoms with Crippen LogP contribution in [-0.2, 0) is 0 Å². The van der Waals surface area contributed by atoms with Gasteiger partial charge in [0.25, 0.3) is 0 Å². The molecule has 0 aliphatic heterocycles. The lowest BCUT2D eigenvalue weighted by molar-refractivity contribution is 0.339. The van der Waals surface area contributed by atoms with Crippen LogP contribution in [0.4, 0.5) is 8.78 Å². The zero-order chi connectivity index (χ0) is 15.4. The molecule has 0 bridgehead atoms. The molecule has 0 aromatic heterocycles. The van der Waals surface area contributed by atoms with Crippen LogP contribution >= 0.6 is 15.9 Å². The molecule has 21 heavy (non-hydrogen) atoms. The fourth-order valence-electron chi connectivity index (χ4n) is 2.24. The second-order valence-electron chi connectivity index (χ2n) is 4.48. The number of hydrogen-bond acceptors (Lipinski definition) is 2. The SMILES string of the molecule is CCOc1cccc(C(NC)c2c(F)ccc(Br)c2F)c1. The normalized spacial score (nSPS) is 12.2. The van der Waals surface area contributed by atoms with Crippen molar-refractivity contribution < 1.29 is 13.5 Å². The van der Waals surface area contributed by atoms with E-state index in [2.05, 4.69) is 21.2 Å². The minimum absolute atomic E-state index is 0.0134. The van der Waals surface area contributed by atoms with E-state index in [4.69, 9.17) is 4.74 Å². The third kappa shape index (κ3) is 3.41. The summed E-state index contributed by atoms with van der Waals surface area (Å²) in [6.45, 7) is 2.42. The van der Waals surface area contributed by atoms with E-state index < -0.39 is 17.7 Å². The lowest BCUT2D eigenvalue weighted by Crippen LogP contribution is -2.20. The summed E-state index contributed by atoms with van der Waals surface area (Å²) in [7, 11) is 1.66. The molecule has 1 atom stereocenters. The Morgan fingerprint density at radius 2 is 2.00 bits per heavy atom. The largest absolute Gasteiger partial charge is 0.494 e. The highest BCUT2D eigenvalue weighted by Gasteiger charge is 2.22. The molecule has 112 valence electrons. The summed E-state index contributed by atoms with van der Waals surface area (Å²) < 4.78 is 34.0. The fraction of sp³-hybridized carbons (Fsp3) is 0.250. The first-order chi connectivity index (χ1) is 10.1. The summed E-state index contributed by atoms with van der Waals surface area (Å²) >= 11 is 3.10. The van der Waals surface area contributed by atoms with Gasteiger partial charge in [0, 0.05) is 5.56 Å². The predicted octanol–water partition coefficient (Wildman–Crippen LogP) is 4.43. The molecule has 0 aliphatic carbocycles. The quantitative estimate of drug-likeness (QED) is 0.800. The number of hydrogen-bond donors (Lipinski definition) is 1. The lowest BCUT2D eigenvalue weighted by Gasteiger charge is -2.20. The van der Waals surface area contributed by atoms with Crippen LogP contribution < -0.4 is 10.1 Å². The summed E-state index contributed by atoms with van der Waals surface area (Å²) in [6.07, 6.45) is 0. The Labute approximate surface area is 131 Å². The Kier molecular flexibility index (Phi) is 5.31. The van der Waals surface area contributed by atoms with Gasteiger partial charge in [0.2, 0.25) is 0 Å². The molecule has 0 saturated carbocycles. The lowest BCUT2D eigenvalue weighted by atomic mass is 9.97. The van der Waals surface area contributed by atoms with E-state index in [0.29, 0.717) is 12.4 Å². The topological polar surface area (TPSA) is 21.3 Å². The van der Waals surface area contributed by atoms with Crippen molar-refractivity contribution in [1.29, 1.82) is 0 Å². The van der Waals surface area contributed by atoms with Crippen molar-refractivity contribution in [2.45, 2.75) is 13.0 Å². The standard InChI is InChI=1S/C16H16BrF2NO/c1-3-21-11-6-4-5-10(9-11)16(20-2)14-13(18)8-7-12(17)15(14)19/h4-9,16,20H,3H2,1-2H3. The smallest absolute Gasteiger partial charge is 0.145 e. The molecule has 2 rings (SSSR count). The summed E-state index contributed by atoms with van der Waals surface area (Å²) in [6, 6.07) is 9.22. The molecule has 2 aromatic rings.